The molecule has 0 bridgehead atoms. The number of fused-ring (bicyclic) bond motifs is 1. The summed E-state index contributed by atoms with van der Waals surface area (Å²) in [5.41, 5.74) is 4.09. The Labute approximate surface area is 119 Å². The van der Waals surface area contributed by atoms with E-state index in [1.54, 1.807) is 12.3 Å². The molecule has 0 fully saturated rings. The van der Waals surface area contributed by atoms with Gasteiger partial charge in [0, 0.05) is 12.6 Å². The number of hydrogen-bond acceptors (Lipinski definition) is 3. The number of aryl methyl sites for hydroxylation is 1. The average molecular weight is 271 g/mol. The molecule has 106 valence electrons. The normalized spacial score (nSPS) is 22.8. The molecule has 0 spiro atoms. The number of furan rings is 1. The maximum absolute atomic E-state index is 10.1. The SMILES string of the molecule is Cc1ccc2c(c1)C(NCC(O)c1ccco1)C(C)C2. The van der Waals surface area contributed by atoms with E-state index in [2.05, 4.69) is 37.4 Å². The molecule has 0 aliphatic heterocycles. The highest BCUT2D eigenvalue weighted by Crippen LogP contribution is 2.36. The molecule has 3 heteroatoms. The monoisotopic (exact) mass is 271 g/mol. The second-order valence-corrected chi connectivity index (χ2v) is 5.80. The number of aliphatic hydroxyl groups excluding tert-OH is 1. The van der Waals surface area contributed by atoms with Gasteiger partial charge in [-0.25, -0.2) is 0 Å². The number of rotatable bonds is 4. The van der Waals surface area contributed by atoms with Gasteiger partial charge < -0.3 is 14.8 Å². The lowest BCUT2D eigenvalue weighted by Gasteiger charge is -2.20. The van der Waals surface area contributed by atoms with Crippen molar-refractivity contribution < 1.29 is 9.52 Å². The minimum Gasteiger partial charge on any atom is -0.467 e. The van der Waals surface area contributed by atoms with E-state index in [1.807, 2.05) is 6.07 Å². The van der Waals surface area contributed by atoms with Gasteiger partial charge in [-0.1, -0.05) is 30.7 Å². The molecular formula is C17H21NO2. The Morgan fingerprint density at radius 1 is 1.40 bits per heavy atom. The molecule has 1 aromatic carbocycles. The van der Waals surface area contributed by atoms with Crippen LogP contribution in [0.1, 0.15) is 41.5 Å². The van der Waals surface area contributed by atoms with Gasteiger partial charge in [-0.15, -0.1) is 0 Å². The fourth-order valence-electron chi connectivity index (χ4n) is 3.09. The Bertz CT molecular complexity index is 577. The fourth-order valence-corrected chi connectivity index (χ4v) is 3.09. The second-order valence-electron chi connectivity index (χ2n) is 5.80. The van der Waals surface area contributed by atoms with Crippen LogP contribution < -0.4 is 5.32 Å². The third kappa shape index (κ3) is 2.51. The topological polar surface area (TPSA) is 45.4 Å². The summed E-state index contributed by atoms with van der Waals surface area (Å²) >= 11 is 0. The van der Waals surface area contributed by atoms with Crippen LogP contribution in [-0.2, 0) is 6.42 Å². The molecule has 2 N–H and O–H groups in total. The summed E-state index contributed by atoms with van der Waals surface area (Å²) in [7, 11) is 0. The lowest BCUT2D eigenvalue weighted by molar-refractivity contribution is 0.140. The molecular weight excluding hydrogens is 250 g/mol. The van der Waals surface area contributed by atoms with Crippen molar-refractivity contribution in [3.8, 4) is 0 Å². The standard InChI is InChI=1S/C17H21NO2/c1-11-5-6-13-9-12(2)17(14(13)8-11)18-10-15(19)16-4-3-7-20-16/h3-8,12,15,17-19H,9-10H2,1-2H3. The average Bonchev–Trinajstić information content (AvgIpc) is 3.04. The van der Waals surface area contributed by atoms with Crippen LogP contribution in [0, 0.1) is 12.8 Å². The second kappa shape index (κ2) is 5.43. The van der Waals surface area contributed by atoms with E-state index in [-0.39, 0.29) is 0 Å². The molecule has 0 radical (unpaired) electrons. The first-order valence-corrected chi connectivity index (χ1v) is 7.19. The molecule has 20 heavy (non-hydrogen) atoms. The highest BCUT2D eigenvalue weighted by atomic mass is 16.4. The molecule has 1 aliphatic rings. The van der Waals surface area contributed by atoms with Gasteiger partial charge in [-0.3, -0.25) is 0 Å². The van der Waals surface area contributed by atoms with Gasteiger partial charge in [0.05, 0.1) is 6.26 Å². The molecule has 1 heterocycles. The van der Waals surface area contributed by atoms with Crippen LogP contribution in [0.4, 0.5) is 0 Å². The summed E-state index contributed by atoms with van der Waals surface area (Å²) in [5, 5.41) is 13.6. The highest BCUT2D eigenvalue weighted by Gasteiger charge is 2.29. The molecule has 3 atom stereocenters. The maximum atomic E-state index is 10.1. The van der Waals surface area contributed by atoms with Crippen molar-refractivity contribution in [3.63, 3.8) is 0 Å². The van der Waals surface area contributed by atoms with Crippen LogP contribution in [0.15, 0.2) is 41.0 Å². The molecule has 3 rings (SSSR count). The first-order chi connectivity index (χ1) is 9.65. The fraction of sp³-hybridized carbons (Fsp3) is 0.412. The van der Waals surface area contributed by atoms with E-state index in [0.29, 0.717) is 24.3 Å². The van der Waals surface area contributed by atoms with Crippen LogP contribution in [0.2, 0.25) is 0 Å². The van der Waals surface area contributed by atoms with Crippen molar-refractivity contribution in [2.24, 2.45) is 5.92 Å². The van der Waals surface area contributed by atoms with Crippen molar-refractivity contribution in [2.75, 3.05) is 6.54 Å². The predicted octanol–water partition coefficient (Wildman–Crippen LogP) is 3.14. The predicted molar refractivity (Wildman–Crippen MR) is 78.5 cm³/mol. The van der Waals surface area contributed by atoms with Crippen molar-refractivity contribution in [3.05, 3.63) is 59.0 Å². The minimum absolute atomic E-state index is 0.314. The van der Waals surface area contributed by atoms with Gasteiger partial charge in [0.2, 0.25) is 0 Å². The number of nitrogens with one attached hydrogen (secondary N) is 1. The van der Waals surface area contributed by atoms with Crippen LogP contribution in [-0.4, -0.2) is 11.7 Å². The summed E-state index contributed by atoms with van der Waals surface area (Å²) in [5.74, 6) is 1.17. The third-order valence-electron chi connectivity index (χ3n) is 4.15. The molecule has 0 saturated carbocycles. The first kappa shape index (κ1) is 13.4. The van der Waals surface area contributed by atoms with Gasteiger partial charge in [0.15, 0.2) is 0 Å². The summed E-state index contributed by atoms with van der Waals surface area (Å²) in [6.07, 6.45) is 2.10. The summed E-state index contributed by atoms with van der Waals surface area (Å²) in [6.45, 7) is 4.89. The Kier molecular flexibility index (Phi) is 3.64. The quantitative estimate of drug-likeness (QED) is 0.898. The zero-order chi connectivity index (χ0) is 14.1. The van der Waals surface area contributed by atoms with E-state index in [9.17, 15) is 5.11 Å². The Hall–Kier alpha value is -1.58. The summed E-state index contributed by atoms with van der Waals surface area (Å²) < 4.78 is 5.24. The van der Waals surface area contributed by atoms with E-state index < -0.39 is 6.10 Å². The Morgan fingerprint density at radius 2 is 2.25 bits per heavy atom. The lowest BCUT2D eigenvalue weighted by Crippen LogP contribution is -2.28. The van der Waals surface area contributed by atoms with Gasteiger partial charge in [-0.2, -0.15) is 0 Å². The Morgan fingerprint density at radius 3 is 3.00 bits per heavy atom. The van der Waals surface area contributed by atoms with Crippen LogP contribution in [0.3, 0.4) is 0 Å². The molecule has 1 aliphatic carbocycles. The van der Waals surface area contributed by atoms with E-state index in [1.165, 1.54) is 16.7 Å². The zero-order valence-corrected chi connectivity index (χ0v) is 12.0. The Balaban J connectivity index is 1.71. The van der Waals surface area contributed by atoms with E-state index in [0.717, 1.165) is 6.42 Å². The van der Waals surface area contributed by atoms with Gasteiger partial charge in [0.25, 0.3) is 0 Å². The third-order valence-corrected chi connectivity index (χ3v) is 4.15. The number of hydrogen-bond donors (Lipinski definition) is 2. The molecule has 0 amide bonds. The van der Waals surface area contributed by atoms with Crippen LogP contribution in [0.25, 0.3) is 0 Å². The largest absolute Gasteiger partial charge is 0.467 e. The highest BCUT2D eigenvalue weighted by molar-refractivity contribution is 5.38. The molecule has 0 saturated heterocycles. The van der Waals surface area contributed by atoms with Crippen molar-refractivity contribution in [2.45, 2.75) is 32.4 Å². The molecule has 3 nitrogen and oxygen atoms in total. The lowest BCUT2D eigenvalue weighted by atomic mass is 10.0. The number of aliphatic hydroxyl groups is 1. The van der Waals surface area contributed by atoms with Gasteiger partial charge >= 0.3 is 0 Å². The summed E-state index contributed by atoms with van der Waals surface area (Å²) in [6, 6.07) is 10.6. The summed E-state index contributed by atoms with van der Waals surface area (Å²) in [4.78, 5) is 0. The van der Waals surface area contributed by atoms with Gasteiger partial charge in [0.1, 0.15) is 11.9 Å². The first-order valence-electron chi connectivity index (χ1n) is 7.19. The molecule has 1 aromatic heterocycles. The maximum Gasteiger partial charge on any atom is 0.133 e. The molecule has 3 unspecified atom stereocenters. The minimum atomic E-state index is -0.592. The van der Waals surface area contributed by atoms with Crippen LogP contribution in [0.5, 0.6) is 0 Å². The molecule has 2 aromatic rings. The number of benzene rings is 1. The smallest absolute Gasteiger partial charge is 0.133 e. The van der Waals surface area contributed by atoms with Crippen molar-refractivity contribution >= 4 is 0 Å². The van der Waals surface area contributed by atoms with Gasteiger partial charge in [-0.05, 0) is 42.5 Å². The van der Waals surface area contributed by atoms with Crippen molar-refractivity contribution in [1.82, 2.24) is 5.32 Å². The van der Waals surface area contributed by atoms with E-state index >= 15 is 0 Å². The van der Waals surface area contributed by atoms with Crippen LogP contribution >= 0.6 is 0 Å². The zero-order valence-electron chi connectivity index (χ0n) is 12.0. The van der Waals surface area contributed by atoms with Crippen molar-refractivity contribution in [1.29, 1.82) is 0 Å². The van der Waals surface area contributed by atoms with E-state index in [4.69, 9.17) is 4.42 Å².